The molecule has 0 bridgehead atoms. The fourth-order valence-corrected chi connectivity index (χ4v) is 2.77. The number of pyridine rings is 1. The van der Waals surface area contributed by atoms with E-state index in [4.69, 9.17) is 11.6 Å². The molecular weight excluding hydrogens is 296 g/mol. The maximum Gasteiger partial charge on any atom is 0.326 e. The molecule has 1 aromatic carbocycles. The van der Waals surface area contributed by atoms with Crippen molar-refractivity contribution in [1.29, 1.82) is 0 Å². The fourth-order valence-electron chi connectivity index (χ4n) is 1.63. The molecule has 3 aromatic rings. The molecule has 2 amide bonds. The maximum atomic E-state index is 11.8. The second-order valence-electron chi connectivity index (χ2n) is 3.93. The normalized spacial score (nSPS) is 10.4. The van der Waals surface area contributed by atoms with E-state index < -0.39 is 0 Å². The summed E-state index contributed by atoms with van der Waals surface area (Å²) >= 11 is 7.27. The number of aromatic nitrogens is 2. The lowest BCUT2D eigenvalue weighted by molar-refractivity contribution is 0.262. The van der Waals surface area contributed by atoms with E-state index in [0.717, 1.165) is 10.2 Å². The molecule has 2 aromatic heterocycles. The monoisotopic (exact) mass is 304 g/mol. The third-order valence-corrected chi connectivity index (χ3v) is 3.65. The lowest BCUT2D eigenvalue weighted by atomic mass is 10.3. The molecule has 0 spiro atoms. The van der Waals surface area contributed by atoms with E-state index in [1.807, 2.05) is 12.1 Å². The molecule has 100 valence electrons. The molecule has 0 saturated heterocycles. The minimum absolute atomic E-state index is 0.381. The first-order valence-electron chi connectivity index (χ1n) is 5.76. The molecule has 5 nitrogen and oxygen atoms in total. The van der Waals surface area contributed by atoms with Gasteiger partial charge in [-0.05, 0) is 30.3 Å². The number of fused-ring (bicyclic) bond motifs is 1. The summed E-state index contributed by atoms with van der Waals surface area (Å²) in [6, 6.07) is 10.3. The average Bonchev–Trinajstić information content (AvgIpc) is 2.80. The lowest BCUT2D eigenvalue weighted by Gasteiger charge is -2.03. The highest BCUT2D eigenvalue weighted by Gasteiger charge is 2.08. The number of nitrogens with one attached hydrogen (secondary N) is 2. The number of hydrogen-bond acceptors (Lipinski definition) is 4. The molecule has 3 rings (SSSR count). The van der Waals surface area contributed by atoms with Crippen LogP contribution in [0.3, 0.4) is 0 Å². The summed E-state index contributed by atoms with van der Waals surface area (Å²) in [4.78, 5) is 20.1. The summed E-state index contributed by atoms with van der Waals surface area (Å²) in [5, 5.41) is 6.45. The minimum atomic E-state index is -0.381. The van der Waals surface area contributed by atoms with E-state index in [9.17, 15) is 4.79 Å². The van der Waals surface area contributed by atoms with Gasteiger partial charge in [-0.25, -0.2) is 14.8 Å². The molecule has 0 aliphatic rings. The zero-order valence-corrected chi connectivity index (χ0v) is 11.7. The van der Waals surface area contributed by atoms with Crippen molar-refractivity contribution >= 4 is 50.1 Å². The van der Waals surface area contributed by atoms with Crippen molar-refractivity contribution in [3.05, 3.63) is 47.6 Å². The predicted octanol–water partition coefficient (Wildman–Crippen LogP) is 3.99. The first-order chi connectivity index (χ1) is 9.70. The molecule has 0 atom stereocenters. The van der Waals surface area contributed by atoms with Crippen LogP contribution in [0.2, 0.25) is 5.02 Å². The van der Waals surface area contributed by atoms with E-state index in [-0.39, 0.29) is 6.03 Å². The molecule has 0 unspecified atom stereocenters. The van der Waals surface area contributed by atoms with Crippen LogP contribution in [0.1, 0.15) is 0 Å². The molecule has 0 aliphatic heterocycles. The molecule has 7 heteroatoms. The van der Waals surface area contributed by atoms with Crippen LogP contribution < -0.4 is 10.6 Å². The van der Waals surface area contributed by atoms with Gasteiger partial charge in [-0.2, -0.15) is 0 Å². The van der Waals surface area contributed by atoms with Crippen molar-refractivity contribution in [1.82, 2.24) is 9.97 Å². The molecular formula is C13H9ClN4OS. The summed E-state index contributed by atoms with van der Waals surface area (Å²) in [7, 11) is 0. The highest BCUT2D eigenvalue weighted by molar-refractivity contribution is 7.22. The third-order valence-electron chi connectivity index (χ3n) is 2.48. The highest BCUT2D eigenvalue weighted by atomic mass is 35.5. The number of anilines is 2. The van der Waals surface area contributed by atoms with Crippen molar-refractivity contribution in [2.75, 3.05) is 10.6 Å². The first kappa shape index (κ1) is 12.8. The Balaban J connectivity index is 1.74. The van der Waals surface area contributed by atoms with Crippen LogP contribution >= 0.6 is 22.9 Å². The van der Waals surface area contributed by atoms with Crippen LogP contribution in [0.4, 0.5) is 15.7 Å². The van der Waals surface area contributed by atoms with Crippen LogP contribution in [-0.2, 0) is 0 Å². The molecule has 0 fully saturated rings. The van der Waals surface area contributed by atoms with E-state index >= 15 is 0 Å². The van der Waals surface area contributed by atoms with E-state index in [0.29, 0.717) is 16.0 Å². The maximum absolute atomic E-state index is 11.8. The van der Waals surface area contributed by atoms with Gasteiger partial charge in [-0.15, -0.1) is 0 Å². The fraction of sp³-hybridized carbons (Fsp3) is 0. The summed E-state index contributed by atoms with van der Waals surface area (Å²) in [5.41, 5.74) is 0.799. The van der Waals surface area contributed by atoms with Gasteiger partial charge in [0.15, 0.2) is 5.13 Å². The van der Waals surface area contributed by atoms with E-state index in [2.05, 4.69) is 20.6 Å². The molecule has 2 N–H and O–H groups in total. The largest absolute Gasteiger partial charge is 0.326 e. The van der Waals surface area contributed by atoms with Gasteiger partial charge in [-0.3, -0.25) is 10.6 Å². The number of nitrogens with zero attached hydrogens (tertiary/aromatic N) is 2. The molecule has 0 radical (unpaired) electrons. The zero-order chi connectivity index (χ0) is 13.9. The summed E-state index contributed by atoms with van der Waals surface area (Å²) in [6.07, 6.45) is 1.61. The summed E-state index contributed by atoms with van der Waals surface area (Å²) < 4.78 is 0.922. The minimum Gasteiger partial charge on any atom is -0.292 e. The number of benzene rings is 1. The van der Waals surface area contributed by atoms with Gasteiger partial charge >= 0.3 is 6.03 Å². The van der Waals surface area contributed by atoms with Crippen molar-refractivity contribution in [3.63, 3.8) is 0 Å². The summed E-state index contributed by atoms with van der Waals surface area (Å²) in [6.45, 7) is 0. The predicted molar refractivity (Wildman–Crippen MR) is 81.5 cm³/mol. The Labute approximate surface area is 123 Å². The Hall–Kier alpha value is -2.18. The molecule has 0 saturated carbocycles. The van der Waals surface area contributed by atoms with Crippen LogP contribution in [0.25, 0.3) is 10.2 Å². The topological polar surface area (TPSA) is 66.9 Å². The Morgan fingerprint density at radius 3 is 2.90 bits per heavy atom. The van der Waals surface area contributed by atoms with Crippen LogP contribution in [0.15, 0.2) is 42.6 Å². The second-order valence-corrected chi connectivity index (χ2v) is 5.39. The Bertz CT molecular complexity index is 759. The Morgan fingerprint density at radius 1 is 1.20 bits per heavy atom. The second kappa shape index (κ2) is 5.44. The standard InChI is InChI=1S/C13H9ClN4OS/c14-8-4-5-9-10(7-8)20-13(16-9)18-12(19)17-11-3-1-2-6-15-11/h1-7H,(H2,15,16,17,18,19). The number of amides is 2. The number of carbonyl (C=O) groups is 1. The van der Waals surface area contributed by atoms with Crippen molar-refractivity contribution in [2.24, 2.45) is 0 Å². The summed E-state index contributed by atoms with van der Waals surface area (Å²) in [5.74, 6) is 0.481. The van der Waals surface area contributed by atoms with Crippen molar-refractivity contribution < 1.29 is 4.79 Å². The van der Waals surface area contributed by atoms with Gasteiger partial charge in [0.1, 0.15) is 5.82 Å². The SMILES string of the molecule is O=C(Nc1ccccn1)Nc1nc2ccc(Cl)cc2s1. The molecule has 0 aliphatic carbocycles. The van der Waals surface area contributed by atoms with E-state index in [1.165, 1.54) is 11.3 Å². The quantitative estimate of drug-likeness (QED) is 0.752. The van der Waals surface area contributed by atoms with Gasteiger partial charge in [0.05, 0.1) is 10.2 Å². The van der Waals surface area contributed by atoms with Crippen LogP contribution in [0, 0.1) is 0 Å². The Morgan fingerprint density at radius 2 is 2.10 bits per heavy atom. The van der Waals surface area contributed by atoms with E-state index in [1.54, 1.807) is 30.5 Å². The number of hydrogen-bond donors (Lipinski definition) is 2. The van der Waals surface area contributed by atoms with Crippen molar-refractivity contribution in [3.8, 4) is 0 Å². The molecule has 20 heavy (non-hydrogen) atoms. The number of halogens is 1. The number of rotatable bonds is 2. The number of thiazole rings is 1. The smallest absolute Gasteiger partial charge is 0.292 e. The Kier molecular flexibility index (Phi) is 3.49. The van der Waals surface area contributed by atoms with Crippen molar-refractivity contribution in [2.45, 2.75) is 0 Å². The van der Waals surface area contributed by atoms with Crippen LogP contribution in [-0.4, -0.2) is 16.0 Å². The first-order valence-corrected chi connectivity index (χ1v) is 6.95. The third kappa shape index (κ3) is 2.87. The highest BCUT2D eigenvalue weighted by Crippen LogP contribution is 2.28. The van der Waals surface area contributed by atoms with Gasteiger partial charge in [-0.1, -0.05) is 29.0 Å². The zero-order valence-electron chi connectivity index (χ0n) is 10.1. The lowest BCUT2D eigenvalue weighted by Crippen LogP contribution is -2.19. The van der Waals surface area contributed by atoms with Crippen LogP contribution in [0.5, 0.6) is 0 Å². The number of carbonyl (C=O) groups excluding carboxylic acids is 1. The molecule has 2 heterocycles. The average molecular weight is 305 g/mol. The number of urea groups is 1. The van der Waals surface area contributed by atoms with Gasteiger partial charge in [0, 0.05) is 11.2 Å². The van der Waals surface area contributed by atoms with Gasteiger partial charge < -0.3 is 0 Å². The van der Waals surface area contributed by atoms with Gasteiger partial charge in [0.25, 0.3) is 0 Å². The van der Waals surface area contributed by atoms with Gasteiger partial charge in [0.2, 0.25) is 0 Å².